The number of hydrogen-bond donors (Lipinski definition) is 0. The normalized spacial score (nSPS) is 56.1. The molecule has 0 bridgehead atoms. The zero-order valence-electron chi connectivity index (χ0n) is 14.5. The van der Waals surface area contributed by atoms with Gasteiger partial charge in [-0.2, -0.15) is 0 Å². The summed E-state index contributed by atoms with van der Waals surface area (Å²) in [5.74, 6) is 5.12. The Morgan fingerprint density at radius 2 is 1.77 bits per heavy atom. The number of carbonyl (C=O) groups is 1. The van der Waals surface area contributed by atoms with Gasteiger partial charge in [0.05, 0.1) is 0 Å². The van der Waals surface area contributed by atoms with E-state index < -0.39 is 0 Å². The van der Waals surface area contributed by atoms with Crippen molar-refractivity contribution < 1.29 is 4.79 Å². The van der Waals surface area contributed by atoms with Crippen LogP contribution < -0.4 is 0 Å². The van der Waals surface area contributed by atoms with Crippen molar-refractivity contribution in [1.82, 2.24) is 0 Å². The number of ketones is 1. The summed E-state index contributed by atoms with van der Waals surface area (Å²) in [4.78, 5) is 12.1. The number of hydrogen-bond acceptors (Lipinski definition) is 1. The minimum Gasteiger partial charge on any atom is -0.295 e. The Morgan fingerprint density at radius 1 is 1.00 bits per heavy atom. The van der Waals surface area contributed by atoms with Crippen molar-refractivity contribution in [2.24, 2.45) is 40.4 Å². The lowest BCUT2D eigenvalue weighted by Crippen LogP contribution is -2.48. The summed E-state index contributed by atoms with van der Waals surface area (Å²) in [6, 6.07) is 0. The van der Waals surface area contributed by atoms with Gasteiger partial charge in [0, 0.05) is 6.42 Å². The molecule has 0 N–H and O–H groups in total. The van der Waals surface area contributed by atoms with Crippen LogP contribution >= 0.6 is 0 Å². The van der Waals surface area contributed by atoms with Gasteiger partial charge < -0.3 is 0 Å². The van der Waals surface area contributed by atoms with Gasteiger partial charge in [-0.25, -0.2) is 0 Å². The fourth-order valence-electron chi connectivity index (χ4n) is 8.49. The molecule has 4 saturated carbocycles. The van der Waals surface area contributed by atoms with Gasteiger partial charge in [0.15, 0.2) is 5.78 Å². The van der Waals surface area contributed by atoms with Crippen LogP contribution in [-0.4, -0.2) is 5.78 Å². The van der Waals surface area contributed by atoms with E-state index in [-0.39, 0.29) is 0 Å². The summed E-state index contributed by atoms with van der Waals surface area (Å²) in [6.45, 7) is 7.31. The van der Waals surface area contributed by atoms with Crippen LogP contribution in [0.5, 0.6) is 0 Å². The van der Waals surface area contributed by atoms with Gasteiger partial charge in [-0.05, 0) is 97.9 Å². The molecule has 0 saturated heterocycles. The second-order valence-corrected chi connectivity index (χ2v) is 9.49. The Hall–Kier alpha value is -0.590. The van der Waals surface area contributed by atoms with Crippen LogP contribution in [0.4, 0.5) is 0 Å². The standard InChI is InChI=1S/C21H30O/c1-12-14-4-6-18-16(15(14)5-7-19(12)22)8-10-20(3)11-9-17-13(2)21(17,18)20/h13,15-18H,4-11H2,1-3H3/t13?,15-,16?,17?,18?,20?,21?/m0/s1. The van der Waals surface area contributed by atoms with Crippen molar-refractivity contribution in [3.63, 3.8) is 0 Å². The number of Topliss-reactive ketones (excluding diaryl/α,β-unsaturated/α-hetero) is 1. The molecule has 7 atom stereocenters. The zero-order valence-corrected chi connectivity index (χ0v) is 14.5. The topological polar surface area (TPSA) is 17.1 Å². The Morgan fingerprint density at radius 3 is 2.55 bits per heavy atom. The Balaban J connectivity index is 1.56. The maximum atomic E-state index is 12.1. The van der Waals surface area contributed by atoms with Crippen LogP contribution in [0.3, 0.4) is 0 Å². The number of carbonyl (C=O) groups excluding carboxylic acids is 1. The van der Waals surface area contributed by atoms with Crippen LogP contribution in [0.25, 0.3) is 0 Å². The molecule has 5 aliphatic carbocycles. The van der Waals surface area contributed by atoms with Crippen molar-refractivity contribution >= 4 is 5.78 Å². The fourth-order valence-corrected chi connectivity index (χ4v) is 8.49. The lowest BCUT2D eigenvalue weighted by Gasteiger charge is -2.55. The quantitative estimate of drug-likeness (QED) is 0.604. The molecule has 0 aliphatic heterocycles. The molecule has 0 aromatic rings. The third kappa shape index (κ3) is 1.33. The van der Waals surface area contributed by atoms with Crippen LogP contribution in [0, 0.1) is 40.4 Å². The molecule has 0 aromatic carbocycles. The monoisotopic (exact) mass is 298 g/mol. The summed E-state index contributed by atoms with van der Waals surface area (Å²) < 4.78 is 0. The third-order valence-electron chi connectivity index (χ3n) is 9.35. The molecule has 5 aliphatic rings. The average molecular weight is 298 g/mol. The van der Waals surface area contributed by atoms with Crippen molar-refractivity contribution in [2.75, 3.05) is 0 Å². The van der Waals surface area contributed by atoms with Crippen LogP contribution in [-0.2, 0) is 4.79 Å². The first-order valence-electron chi connectivity index (χ1n) is 9.73. The number of allylic oxidation sites excluding steroid dienone is 1. The van der Waals surface area contributed by atoms with E-state index in [2.05, 4.69) is 20.8 Å². The minimum atomic E-state index is 0.446. The molecular weight excluding hydrogens is 268 g/mol. The number of fused-ring (bicyclic) bond motifs is 3. The Bertz CT molecular complexity index is 587. The Kier molecular flexibility index (Phi) is 2.56. The summed E-state index contributed by atoms with van der Waals surface area (Å²) in [5, 5.41) is 0. The van der Waals surface area contributed by atoms with Crippen LogP contribution in [0.1, 0.15) is 72.1 Å². The van der Waals surface area contributed by atoms with Crippen LogP contribution in [0.15, 0.2) is 11.1 Å². The third-order valence-corrected chi connectivity index (χ3v) is 9.35. The molecule has 0 amide bonds. The van der Waals surface area contributed by atoms with E-state index in [4.69, 9.17) is 0 Å². The van der Waals surface area contributed by atoms with Crippen molar-refractivity contribution in [3.8, 4) is 0 Å². The highest BCUT2D eigenvalue weighted by atomic mass is 16.1. The van der Waals surface area contributed by atoms with E-state index in [1.165, 1.54) is 44.9 Å². The van der Waals surface area contributed by atoms with Crippen molar-refractivity contribution in [2.45, 2.75) is 72.1 Å². The van der Waals surface area contributed by atoms with Gasteiger partial charge in [-0.3, -0.25) is 4.79 Å². The van der Waals surface area contributed by atoms with Gasteiger partial charge in [0.2, 0.25) is 0 Å². The first kappa shape index (κ1) is 13.8. The highest BCUT2D eigenvalue weighted by molar-refractivity contribution is 5.96. The molecule has 0 radical (unpaired) electrons. The maximum Gasteiger partial charge on any atom is 0.158 e. The molecule has 1 spiro atoms. The predicted molar refractivity (Wildman–Crippen MR) is 88.3 cm³/mol. The molecule has 5 rings (SSSR count). The molecule has 0 aromatic heterocycles. The van der Waals surface area contributed by atoms with E-state index in [1.807, 2.05) is 0 Å². The SMILES string of the molecule is CC1=C2CCC3C(CCC4(C)CCC5C(C)C354)[C@H]2CCC1=O. The van der Waals surface area contributed by atoms with Crippen LogP contribution in [0.2, 0.25) is 0 Å². The largest absolute Gasteiger partial charge is 0.295 e. The van der Waals surface area contributed by atoms with Crippen molar-refractivity contribution in [1.29, 1.82) is 0 Å². The lowest BCUT2D eigenvalue weighted by atomic mass is 9.49. The van der Waals surface area contributed by atoms with Gasteiger partial charge in [-0.15, -0.1) is 0 Å². The molecule has 4 fully saturated rings. The smallest absolute Gasteiger partial charge is 0.158 e. The molecule has 1 heteroatoms. The number of rotatable bonds is 0. The predicted octanol–water partition coefficient (Wildman–Crippen LogP) is 5.15. The van der Waals surface area contributed by atoms with E-state index in [9.17, 15) is 4.79 Å². The lowest BCUT2D eigenvalue weighted by molar-refractivity contribution is -0.117. The first-order chi connectivity index (χ1) is 10.5. The Labute approximate surface area is 134 Å². The second-order valence-electron chi connectivity index (χ2n) is 9.49. The maximum absolute atomic E-state index is 12.1. The van der Waals surface area contributed by atoms with E-state index in [0.717, 1.165) is 41.6 Å². The van der Waals surface area contributed by atoms with E-state index in [0.29, 0.717) is 16.6 Å². The highest BCUT2D eigenvalue weighted by Crippen LogP contribution is 2.84. The van der Waals surface area contributed by atoms with Crippen molar-refractivity contribution in [3.05, 3.63) is 11.1 Å². The molecule has 1 nitrogen and oxygen atoms in total. The summed E-state index contributed by atoms with van der Waals surface area (Å²) in [7, 11) is 0. The molecule has 6 unspecified atom stereocenters. The molecule has 22 heavy (non-hydrogen) atoms. The summed E-state index contributed by atoms with van der Waals surface area (Å²) in [6.07, 6.45) is 10.5. The molecule has 120 valence electrons. The first-order valence-corrected chi connectivity index (χ1v) is 9.73. The van der Waals surface area contributed by atoms with Gasteiger partial charge >= 0.3 is 0 Å². The second kappa shape index (κ2) is 4.08. The summed E-state index contributed by atoms with van der Waals surface area (Å²) >= 11 is 0. The van der Waals surface area contributed by atoms with Gasteiger partial charge in [0.25, 0.3) is 0 Å². The van der Waals surface area contributed by atoms with Gasteiger partial charge in [-0.1, -0.05) is 19.4 Å². The summed E-state index contributed by atoms with van der Waals surface area (Å²) in [5.41, 5.74) is 4.10. The van der Waals surface area contributed by atoms with E-state index in [1.54, 1.807) is 5.57 Å². The molecular formula is C21H30O. The van der Waals surface area contributed by atoms with E-state index >= 15 is 0 Å². The zero-order chi connectivity index (χ0) is 15.3. The minimum absolute atomic E-state index is 0.446. The van der Waals surface area contributed by atoms with Gasteiger partial charge in [0.1, 0.15) is 0 Å². The highest BCUT2D eigenvalue weighted by Gasteiger charge is 2.78. The molecule has 0 heterocycles. The average Bonchev–Trinajstić information content (AvgIpc) is 2.95. The fraction of sp³-hybridized carbons (Fsp3) is 0.857.